The highest BCUT2D eigenvalue weighted by Crippen LogP contribution is 2.42. The summed E-state index contributed by atoms with van der Waals surface area (Å²) in [6, 6.07) is 14.4. The summed E-state index contributed by atoms with van der Waals surface area (Å²) in [4.78, 5) is 19.6. The van der Waals surface area contributed by atoms with Gasteiger partial charge in [0.2, 0.25) is 0 Å². The van der Waals surface area contributed by atoms with Crippen molar-refractivity contribution in [3.63, 3.8) is 0 Å². The van der Waals surface area contributed by atoms with Gasteiger partial charge in [0, 0.05) is 42.2 Å². The van der Waals surface area contributed by atoms with Crippen molar-refractivity contribution in [1.29, 1.82) is 0 Å². The molecule has 3 aromatic rings. The van der Waals surface area contributed by atoms with E-state index in [-0.39, 0.29) is 5.91 Å². The largest absolute Gasteiger partial charge is 0.339 e. The molecule has 1 aliphatic rings. The van der Waals surface area contributed by atoms with Gasteiger partial charge in [-0.15, -0.1) is 0 Å². The molecule has 3 nitrogen and oxygen atoms in total. The predicted octanol–water partition coefficient (Wildman–Crippen LogP) is 4.29. The third kappa shape index (κ3) is 2.12. The summed E-state index contributed by atoms with van der Waals surface area (Å²) in [6.45, 7) is 5.49. The Balaban J connectivity index is 2.03. The number of hydrogen-bond acceptors (Lipinski definition) is 2. The quantitative estimate of drug-likeness (QED) is 0.565. The fourth-order valence-corrected chi connectivity index (χ4v) is 3.73. The van der Waals surface area contributed by atoms with Crippen molar-refractivity contribution in [3.8, 4) is 11.1 Å². The van der Waals surface area contributed by atoms with E-state index in [0.29, 0.717) is 0 Å². The van der Waals surface area contributed by atoms with Crippen molar-refractivity contribution in [2.75, 3.05) is 13.1 Å². The second kappa shape index (κ2) is 5.75. The van der Waals surface area contributed by atoms with Gasteiger partial charge in [0.15, 0.2) is 0 Å². The first-order valence-electron chi connectivity index (χ1n) is 8.52. The highest BCUT2D eigenvalue weighted by molar-refractivity contribution is 6.08. The Morgan fingerprint density at radius 2 is 1.92 bits per heavy atom. The van der Waals surface area contributed by atoms with Crippen molar-refractivity contribution in [1.82, 2.24) is 9.88 Å². The maximum Gasteiger partial charge on any atom is 0.254 e. The molecule has 1 amide bonds. The number of hydrogen-bond donors (Lipinski definition) is 0. The SMILES string of the molecule is CCN(CC)C(=O)c1cc2cccnc2c2c1-c1ccccc1C2. The Hall–Kier alpha value is -2.68. The van der Waals surface area contributed by atoms with Gasteiger partial charge in [-0.05, 0) is 42.7 Å². The summed E-state index contributed by atoms with van der Waals surface area (Å²) in [5.74, 6) is 0.110. The van der Waals surface area contributed by atoms with E-state index in [1.165, 1.54) is 16.7 Å². The summed E-state index contributed by atoms with van der Waals surface area (Å²) >= 11 is 0. The van der Waals surface area contributed by atoms with Gasteiger partial charge in [0.05, 0.1) is 5.52 Å². The third-order valence-electron chi connectivity index (χ3n) is 4.93. The summed E-state index contributed by atoms with van der Waals surface area (Å²) in [7, 11) is 0. The first-order chi connectivity index (χ1) is 11.7. The molecule has 0 saturated heterocycles. The molecule has 0 bridgehead atoms. The van der Waals surface area contributed by atoms with Crippen LogP contribution >= 0.6 is 0 Å². The first kappa shape index (κ1) is 14.9. The zero-order chi connectivity index (χ0) is 16.7. The van der Waals surface area contributed by atoms with E-state index >= 15 is 0 Å². The minimum absolute atomic E-state index is 0.110. The molecule has 1 aliphatic carbocycles. The van der Waals surface area contributed by atoms with Gasteiger partial charge in [-0.3, -0.25) is 9.78 Å². The van der Waals surface area contributed by atoms with Crippen LogP contribution in [-0.4, -0.2) is 28.9 Å². The average Bonchev–Trinajstić information content (AvgIpc) is 3.02. The summed E-state index contributed by atoms with van der Waals surface area (Å²) in [5.41, 5.74) is 6.53. The van der Waals surface area contributed by atoms with Crippen molar-refractivity contribution >= 4 is 16.8 Å². The maximum atomic E-state index is 13.1. The highest BCUT2D eigenvalue weighted by atomic mass is 16.2. The minimum atomic E-state index is 0.110. The number of rotatable bonds is 3. The number of aromatic nitrogens is 1. The summed E-state index contributed by atoms with van der Waals surface area (Å²) in [5, 5.41) is 1.04. The Morgan fingerprint density at radius 3 is 2.71 bits per heavy atom. The third-order valence-corrected chi connectivity index (χ3v) is 4.93. The molecule has 1 heterocycles. The molecule has 0 unspecified atom stereocenters. The second-order valence-corrected chi connectivity index (χ2v) is 6.16. The lowest BCUT2D eigenvalue weighted by Crippen LogP contribution is -2.31. The van der Waals surface area contributed by atoms with Crippen LogP contribution in [0.25, 0.3) is 22.0 Å². The zero-order valence-corrected chi connectivity index (χ0v) is 14.0. The van der Waals surface area contributed by atoms with Crippen LogP contribution in [0.2, 0.25) is 0 Å². The van der Waals surface area contributed by atoms with Gasteiger partial charge < -0.3 is 4.90 Å². The van der Waals surface area contributed by atoms with Crippen LogP contribution in [0.3, 0.4) is 0 Å². The number of benzene rings is 2. The normalized spacial score (nSPS) is 12.1. The van der Waals surface area contributed by atoms with E-state index < -0.39 is 0 Å². The summed E-state index contributed by atoms with van der Waals surface area (Å²) < 4.78 is 0. The van der Waals surface area contributed by atoms with E-state index in [1.54, 1.807) is 0 Å². The molecule has 0 N–H and O–H groups in total. The Morgan fingerprint density at radius 1 is 1.12 bits per heavy atom. The molecular formula is C21H20N2O. The lowest BCUT2D eigenvalue weighted by molar-refractivity contribution is 0.0774. The molecule has 0 radical (unpaired) electrons. The second-order valence-electron chi connectivity index (χ2n) is 6.16. The number of nitrogens with zero attached hydrogens (tertiary/aromatic N) is 2. The van der Waals surface area contributed by atoms with Crippen LogP contribution in [0.15, 0.2) is 48.7 Å². The van der Waals surface area contributed by atoms with Gasteiger partial charge in [-0.2, -0.15) is 0 Å². The monoisotopic (exact) mass is 316 g/mol. The molecule has 0 atom stereocenters. The molecule has 2 aromatic carbocycles. The molecule has 0 spiro atoms. The lowest BCUT2D eigenvalue weighted by atomic mass is 9.95. The average molecular weight is 316 g/mol. The van der Waals surface area contributed by atoms with Gasteiger partial charge in [-0.25, -0.2) is 0 Å². The van der Waals surface area contributed by atoms with Crippen molar-refractivity contribution in [2.24, 2.45) is 0 Å². The van der Waals surface area contributed by atoms with Gasteiger partial charge in [-0.1, -0.05) is 30.3 Å². The van der Waals surface area contributed by atoms with Crippen molar-refractivity contribution in [3.05, 3.63) is 65.4 Å². The number of pyridine rings is 1. The van der Waals surface area contributed by atoms with Crippen molar-refractivity contribution < 1.29 is 4.79 Å². The van der Waals surface area contributed by atoms with Crippen LogP contribution in [0.1, 0.15) is 35.3 Å². The van der Waals surface area contributed by atoms with Gasteiger partial charge >= 0.3 is 0 Å². The standard InChI is InChI=1S/C21H20N2O/c1-3-23(4-2)21(24)18-13-15-9-7-11-22-20(15)17-12-14-8-5-6-10-16(14)19(17)18/h5-11,13H,3-4,12H2,1-2H3. The Labute approximate surface area is 141 Å². The predicted molar refractivity (Wildman–Crippen MR) is 97.2 cm³/mol. The van der Waals surface area contributed by atoms with Gasteiger partial charge in [0.25, 0.3) is 5.91 Å². The van der Waals surface area contributed by atoms with E-state index in [2.05, 4.69) is 23.2 Å². The van der Waals surface area contributed by atoms with Crippen LogP contribution < -0.4 is 0 Å². The molecule has 0 saturated carbocycles. The zero-order valence-electron chi connectivity index (χ0n) is 14.0. The van der Waals surface area contributed by atoms with Gasteiger partial charge in [0.1, 0.15) is 0 Å². The molecule has 24 heavy (non-hydrogen) atoms. The maximum absolute atomic E-state index is 13.1. The summed E-state index contributed by atoms with van der Waals surface area (Å²) in [6.07, 6.45) is 2.68. The molecule has 120 valence electrons. The van der Waals surface area contributed by atoms with E-state index in [0.717, 1.165) is 41.5 Å². The number of carbonyl (C=O) groups is 1. The van der Waals surface area contributed by atoms with Crippen LogP contribution in [0, 0.1) is 0 Å². The highest BCUT2D eigenvalue weighted by Gasteiger charge is 2.28. The molecule has 0 fully saturated rings. The Bertz CT molecular complexity index is 942. The number of fused-ring (bicyclic) bond motifs is 5. The van der Waals surface area contributed by atoms with E-state index in [4.69, 9.17) is 0 Å². The molecule has 3 heteroatoms. The molecule has 0 aliphatic heterocycles. The first-order valence-corrected chi connectivity index (χ1v) is 8.52. The van der Waals surface area contributed by atoms with Crippen LogP contribution in [0.5, 0.6) is 0 Å². The van der Waals surface area contributed by atoms with Crippen LogP contribution in [-0.2, 0) is 6.42 Å². The number of amides is 1. The van der Waals surface area contributed by atoms with E-state index in [1.807, 2.05) is 49.2 Å². The smallest absolute Gasteiger partial charge is 0.254 e. The fraction of sp³-hybridized carbons (Fsp3) is 0.238. The minimum Gasteiger partial charge on any atom is -0.339 e. The fourth-order valence-electron chi connectivity index (χ4n) is 3.73. The van der Waals surface area contributed by atoms with E-state index in [9.17, 15) is 4.79 Å². The Kier molecular flexibility index (Phi) is 3.57. The number of carbonyl (C=O) groups excluding carboxylic acids is 1. The topological polar surface area (TPSA) is 33.2 Å². The molecular weight excluding hydrogens is 296 g/mol. The lowest BCUT2D eigenvalue weighted by Gasteiger charge is -2.21. The van der Waals surface area contributed by atoms with Crippen LogP contribution in [0.4, 0.5) is 0 Å². The molecule has 4 rings (SSSR count). The van der Waals surface area contributed by atoms with Crippen molar-refractivity contribution in [2.45, 2.75) is 20.3 Å². The molecule has 1 aromatic heterocycles.